The van der Waals surface area contributed by atoms with Crippen molar-refractivity contribution in [1.82, 2.24) is 0 Å². The lowest BCUT2D eigenvalue weighted by atomic mass is 9.57. The summed E-state index contributed by atoms with van der Waals surface area (Å²) in [5.41, 5.74) is 3.62. The van der Waals surface area contributed by atoms with E-state index < -0.39 is 5.41 Å². The van der Waals surface area contributed by atoms with Crippen molar-refractivity contribution in [1.29, 1.82) is 0 Å². The van der Waals surface area contributed by atoms with Crippen molar-refractivity contribution >= 4 is 17.8 Å². The first kappa shape index (κ1) is 23.0. The lowest BCUT2D eigenvalue weighted by Gasteiger charge is -2.44. The van der Waals surface area contributed by atoms with E-state index in [1.165, 1.54) is 5.56 Å². The third kappa shape index (κ3) is 4.27. The van der Waals surface area contributed by atoms with Gasteiger partial charge in [-0.25, -0.2) is 4.79 Å². The van der Waals surface area contributed by atoms with E-state index in [2.05, 4.69) is 24.3 Å². The lowest BCUT2D eigenvalue weighted by molar-refractivity contribution is -0.142. The van der Waals surface area contributed by atoms with Gasteiger partial charge in [0.2, 0.25) is 0 Å². The molecule has 3 atom stereocenters. The normalized spacial score (nSPS) is 25.0. The number of benzene rings is 3. The molecule has 0 saturated heterocycles. The van der Waals surface area contributed by atoms with Gasteiger partial charge in [-0.15, -0.1) is 0 Å². The fourth-order valence-electron chi connectivity index (χ4n) is 5.95. The van der Waals surface area contributed by atoms with Gasteiger partial charge in [-0.05, 0) is 60.4 Å². The van der Waals surface area contributed by atoms with Crippen molar-refractivity contribution < 1.29 is 14.3 Å². The van der Waals surface area contributed by atoms with E-state index in [0.29, 0.717) is 24.8 Å². The summed E-state index contributed by atoms with van der Waals surface area (Å²) < 4.78 is 5.50. The van der Waals surface area contributed by atoms with Crippen LogP contribution in [0.5, 0.6) is 0 Å². The fraction of sp³-hybridized carbons (Fsp3) is 0.250. The Balaban J connectivity index is 1.69. The quantitative estimate of drug-likeness (QED) is 0.307. The molecule has 3 aromatic carbocycles. The largest absolute Gasteiger partial charge is 0.463 e. The molecule has 3 heteroatoms. The highest BCUT2D eigenvalue weighted by atomic mass is 16.5. The molecule has 2 aliphatic carbocycles. The molecule has 0 aromatic heterocycles. The molecule has 0 N–H and O–H groups in total. The van der Waals surface area contributed by atoms with Gasteiger partial charge < -0.3 is 4.74 Å². The van der Waals surface area contributed by atoms with Gasteiger partial charge in [-0.2, -0.15) is 0 Å². The van der Waals surface area contributed by atoms with E-state index in [9.17, 15) is 9.59 Å². The fourth-order valence-corrected chi connectivity index (χ4v) is 5.95. The van der Waals surface area contributed by atoms with Gasteiger partial charge in [-0.1, -0.05) is 97.1 Å². The molecule has 176 valence electrons. The molecule has 2 aliphatic rings. The number of ether oxygens (including phenoxy) is 1. The highest BCUT2D eigenvalue weighted by Gasteiger charge is 2.58. The Bertz CT molecular complexity index is 1260. The first-order valence-electron chi connectivity index (χ1n) is 12.4. The summed E-state index contributed by atoms with van der Waals surface area (Å²) in [5.74, 6) is -0.307. The average Bonchev–Trinajstić information content (AvgIpc) is 3.28. The van der Waals surface area contributed by atoms with E-state index in [-0.39, 0.29) is 30.2 Å². The predicted octanol–water partition coefficient (Wildman–Crippen LogP) is 6.88. The van der Waals surface area contributed by atoms with E-state index in [1.807, 2.05) is 85.8 Å². The minimum absolute atomic E-state index is 0.0548. The highest BCUT2D eigenvalue weighted by Crippen LogP contribution is 2.60. The number of carbonyl (C=O) groups is 2. The van der Waals surface area contributed by atoms with Crippen LogP contribution >= 0.6 is 0 Å². The summed E-state index contributed by atoms with van der Waals surface area (Å²) >= 11 is 0. The number of Topliss-reactive ketones (excluding diaryl/α,β-unsaturated/α-hetero) is 1. The molecule has 0 amide bonds. The van der Waals surface area contributed by atoms with Crippen molar-refractivity contribution in [2.24, 2.45) is 5.41 Å². The van der Waals surface area contributed by atoms with Crippen LogP contribution in [-0.4, -0.2) is 18.4 Å². The molecule has 35 heavy (non-hydrogen) atoms. The number of carbonyl (C=O) groups excluding carboxylic acids is 2. The van der Waals surface area contributed by atoms with Crippen LogP contribution in [0.1, 0.15) is 54.7 Å². The zero-order valence-electron chi connectivity index (χ0n) is 20.0. The van der Waals surface area contributed by atoms with Crippen molar-refractivity contribution in [2.75, 3.05) is 6.61 Å². The number of rotatable bonds is 5. The highest BCUT2D eigenvalue weighted by molar-refractivity contribution is 6.12. The molecule has 0 bridgehead atoms. The molecule has 0 radical (unpaired) electrons. The number of esters is 1. The molecule has 1 spiro atoms. The molecule has 0 heterocycles. The van der Waals surface area contributed by atoms with Gasteiger partial charge in [-0.3, -0.25) is 4.79 Å². The van der Waals surface area contributed by atoms with Gasteiger partial charge in [0.1, 0.15) is 0 Å². The summed E-state index contributed by atoms with van der Waals surface area (Å²) in [4.78, 5) is 27.8. The van der Waals surface area contributed by atoms with Gasteiger partial charge in [0.25, 0.3) is 0 Å². The predicted molar refractivity (Wildman–Crippen MR) is 139 cm³/mol. The number of hydrogen-bond donors (Lipinski definition) is 0. The first-order valence-corrected chi connectivity index (χ1v) is 12.4. The van der Waals surface area contributed by atoms with E-state index >= 15 is 0 Å². The molecule has 3 nitrogen and oxygen atoms in total. The monoisotopic (exact) mass is 462 g/mol. The Labute approximate surface area is 207 Å². The van der Waals surface area contributed by atoms with E-state index in [4.69, 9.17) is 4.74 Å². The summed E-state index contributed by atoms with van der Waals surface area (Å²) in [5, 5.41) is 0. The van der Waals surface area contributed by atoms with Crippen LogP contribution in [-0.2, 0) is 14.3 Å². The van der Waals surface area contributed by atoms with Crippen LogP contribution in [0.2, 0.25) is 0 Å². The second-order valence-corrected chi connectivity index (χ2v) is 9.43. The summed E-state index contributed by atoms with van der Waals surface area (Å²) in [7, 11) is 0. The van der Waals surface area contributed by atoms with Crippen molar-refractivity contribution in [3.63, 3.8) is 0 Å². The molecule has 1 saturated carbocycles. The number of hydrogen-bond acceptors (Lipinski definition) is 3. The second kappa shape index (κ2) is 9.87. The molecule has 5 rings (SSSR count). The van der Waals surface area contributed by atoms with Gasteiger partial charge in [0, 0.05) is 11.5 Å². The minimum Gasteiger partial charge on any atom is -0.463 e. The molecule has 3 aromatic rings. The van der Waals surface area contributed by atoms with Crippen LogP contribution in [0.3, 0.4) is 0 Å². The second-order valence-electron chi connectivity index (χ2n) is 9.43. The third-order valence-electron chi connectivity index (χ3n) is 7.47. The zero-order valence-corrected chi connectivity index (χ0v) is 20.0. The Morgan fingerprint density at radius 2 is 1.51 bits per heavy atom. The van der Waals surface area contributed by atoms with Gasteiger partial charge in [0.15, 0.2) is 5.78 Å². The maximum Gasteiger partial charge on any atom is 0.334 e. The SMILES string of the molecule is CCOC(=O)C1=CC[C@H](c2ccccc2)[C@]12CC(c1ccccc1)C/C(=C\c1ccccc1)C2=O. The third-order valence-corrected chi connectivity index (χ3v) is 7.47. The van der Waals surface area contributed by atoms with E-state index in [1.54, 1.807) is 0 Å². The molecule has 1 fully saturated rings. The smallest absolute Gasteiger partial charge is 0.334 e. The summed E-state index contributed by atoms with van der Waals surface area (Å²) in [6.45, 7) is 2.09. The standard InChI is InChI=1S/C32H30O3/c1-2-35-31(34)29-19-18-28(25-16-10-5-11-17-25)32(29)22-27(24-14-8-4-9-15-24)21-26(30(32)33)20-23-12-6-3-7-13-23/h3-17,19-20,27-28H,2,18,21-22H2,1H3/b26-20+/t27?,28-,32-/m1/s1. The Hall–Kier alpha value is -3.72. The summed E-state index contributed by atoms with van der Waals surface area (Å²) in [6, 6.07) is 30.5. The van der Waals surface area contributed by atoms with Crippen LogP contribution in [0, 0.1) is 5.41 Å². The average molecular weight is 463 g/mol. The Kier molecular flexibility index (Phi) is 6.50. The van der Waals surface area contributed by atoms with Crippen LogP contribution < -0.4 is 0 Å². The molecule has 0 aliphatic heterocycles. The van der Waals surface area contributed by atoms with Crippen molar-refractivity contribution in [2.45, 2.75) is 38.0 Å². The molecular formula is C32H30O3. The topological polar surface area (TPSA) is 43.4 Å². The zero-order chi connectivity index (χ0) is 24.3. The van der Waals surface area contributed by atoms with Gasteiger partial charge in [0.05, 0.1) is 12.0 Å². The maximum absolute atomic E-state index is 14.5. The maximum atomic E-state index is 14.5. The summed E-state index contributed by atoms with van der Waals surface area (Å²) in [6.07, 6.45) is 5.86. The molecular weight excluding hydrogens is 432 g/mol. The number of ketones is 1. The van der Waals surface area contributed by atoms with Gasteiger partial charge >= 0.3 is 5.97 Å². The van der Waals surface area contributed by atoms with Crippen LogP contribution in [0.4, 0.5) is 0 Å². The van der Waals surface area contributed by atoms with Crippen molar-refractivity contribution in [3.8, 4) is 0 Å². The Morgan fingerprint density at radius 1 is 0.914 bits per heavy atom. The Morgan fingerprint density at radius 3 is 2.14 bits per heavy atom. The number of allylic oxidation sites excluding steroid dienone is 2. The molecule has 1 unspecified atom stereocenters. The lowest BCUT2D eigenvalue weighted by Crippen LogP contribution is -2.44. The van der Waals surface area contributed by atoms with Crippen LogP contribution in [0.15, 0.2) is 108 Å². The van der Waals surface area contributed by atoms with Crippen molar-refractivity contribution in [3.05, 3.63) is 125 Å². The minimum atomic E-state index is -0.951. The van der Waals surface area contributed by atoms with Crippen LogP contribution in [0.25, 0.3) is 6.08 Å². The first-order chi connectivity index (χ1) is 17.1. The van der Waals surface area contributed by atoms with E-state index in [0.717, 1.165) is 16.7 Å².